The highest BCUT2D eigenvalue weighted by Crippen LogP contribution is 2.19. The first-order valence-electron chi connectivity index (χ1n) is 9.22. The molecule has 0 spiro atoms. The first-order chi connectivity index (χ1) is 12.5. The van der Waals surface area contributed by atoms with E-state index in [1.54, 1.807) is 10.7 Å². The predicted octanol–water partition coefficient (Wildman–Crippen LogP) is 2.61. The third kappa shape index (κ3) is 4.69. The topological polar surface area (TPSA) is 41.4 Å². The molecule has 1 aliphatic heterocycles. The Labute approximate surface area is 154 Å². The van der Waals surface area contributed by atoms with E-state index in [0.717, 1.165) is 37.1 Å². The van der Waals surface area contributed by atoms with Crippen LogP contribution in [0.4, 0.5) is 4.39 Å². The lowest BCUT2D eigenvalue weighted by Gasteiger charge is -2.37. The predicted molar refractivity (Wildman–Crippen MR) is 99.0 cm³/mol. The number of hydrogen-bond donors (Lipinski definition) is 0. The Hall–Kier alpha value is -2.21. The van der Waals surface area contributed by atoms with Crippen molar-refractivity contribution in [2.24, 2.45) is 7.05 Å². The normalized spacial score (nSPS) is 18.0. The Morgan fingerprint density at radius 1 is 1.38 bits per heavy atom. The number of benzene rings is 1. The van der Waals surface area contributed by atoms with Crippen LogP contribution in [-0.4, -0.2) is 51.7 Å². The highest BCUT2D eigenvalue weighted by atomic mass is 19.1. The fourth-order valence-electron chi connectivity index (χ4n) is 3.59. The van der Waals surface area contributed by atoms with E-state index in [0.29, 0.717) is 19.4 Å². The molecular weight excluding hydrogens is 331 g/mol. The Kier molecular flexibility index (Phi) is 6.04. The van der Waals surface area contributed by atoms with Gasteiger partial charge in [0.2, 0.25) is 5.91 Å². The first kappa shape index (κ1) is 18.6. The van der Waals surface area contributed by atoms with Crippen LogP contribution in [0.5, 0.6) is 0 Å². The molecule has 2 heterocycles. The van der Waals surface area contributed by atoms with Gasteiger partial charge in [-0.05, 0) is 37.4 Å². The van der Waals surface area contributed by atoms with E-state index in [1.807, 2.05) is 43.5 Å². The Bertz CT molecular complexity index is 745. The smallest absolute Gasteiger partial charge is 0.222 e. The molecule has 1 atom stereocenters. The molecule has 0 aliphatic carbocycles. The molecule has 26 heavy (non-hydrogen) atoms. The summed E-state index contributed by atoms with van der Waals surface area (Å²) in [4.78, 5) is 16.7. The van der Waals surface area contributed by atoms with Crippen LogP contribution in [0.25, 0.3) is 0 Å². The van der Waals surface area contributed by atoms with Crippen LogP contribution in [0.15, 0.2) is 36.7 Å². The zero-order chi connectivity index (χ0) is 18.5. The highest BCUT2D eigenvalue weighted by Gasteiger charge is 2.26. The van der Waals surface area contributed by atoms with Gasteiger partial charge in [-0.1, -0.05) is 18.2 Å². The lowest BCUT2D eigenvalue weighted by molar-refractivity contribution is -0.133. The minimum Gasteiger partial charge on any atom is -0.341 e. The number of aromatic nitrogens is 2. The first-order valence-corrected chi connectivity index (χ1v) is 9.22. The molecule has 0 N–H and O–H groups in total. The van der Waals surface area contributed by atoms with Gasteiger partial charge < -0.3 is 4.90 Å². The number of aryl methyl sites for hydroxylation is 2. The summed E-state index contributed by atoms with van der Waals surface area (Å²) in [7, 11) is 3.77. The molecule has 0 saturated carbocycles. The van der Waals surface area contributed by atoms with E-state index in [2.05, 4.69) is 10.00 Å². The number of carbonyl (C=O) groups is 1. The van der Waals surface area contributed by atoms with Crippen LogP contribution < -0.4 is 0 Å². The summed E-state index contributed by atoms with van der Waals surface area (Å²) in [6, 6.07) is 7.12. The summed E-state index contributed by atoms with van der Waals surface area (Å²) < 4.78 is 15.6. The van der Waals surface area contributed by atoms with Crippen molar-refractivity contribution in [2.45, 2.75) is 38.3 Å². The Morgan fingerprint density at radius 2 is 2.19 bits per heavy atom. The van der Waals surface area contributed by atoms with Crippen molar-refractivity contribution < 1.29 is 9.18 Å². The highest BCUT2D eigenvalue weighted by molar-refractivity contribution is 5.76. The summed E-state index contributed by atoms with van der Waals surface area (Å²) in [6.07, 6.45) is 6.99. The Balaban J connectivity index is 1.52. The second-order valence-corrected chi connectivity index (χ2v) is 7.15. The number of hydrogen-bond acceptors (Lipinski definition) is 3. The fourth-order valence-corrected chi connectivity index (χ4v) is 3.59. The molecule has 3 rings (SSSR count). The fraction of sp³-hybridized carbons (Fsp3) is 0.500. The number of nitrogens with zero attached hydrogens (tertiary/aromatic N) is 4. The standard InChI is InChI=1S/C20H27FN4O/c1-23-13-16(12-22-23)9-10-20(26)24(2)18-7-5-11-25(15-18)14-17-6-3-4-8-19(17)21/h3-4,6,8,12-13,18H,5,7,9-11,14-15H2,1-2H3. The lowest BCUT2D eigenvalue weighted by atomic mass is 10.0. The van der Waals surface area contributed by atoms with Gasteiger partial charge in [-0.2, -0.15) is 5.10 Å². The van der Waals surface area contributed by atoms with Crippen LogP contribution in [0.2, 0.25) is 0 Å². The molecule has 2 aromatic rings. The minimum atomic E-state index is -0.157. The van der Waals surface area contributed by atoms with Gasteiger partial charge in [-0.3, -0.25) is 14.4 Å². The average Bonchev–Trinajstić information content (AvgIpc) is 3.06. The van der Waals surface area contributed by atoms with Gasteiger partial charge in [0.15, 0.2) is 0 Å². The maximum absolute atomic E-state index is 13.9. The lowest BCUT2D eigenvalue weighted by Crippen LogP contribution is -2.48. The zero-order valence-corrected chi connectivity index (χ0v) is 15.6. The van der Waals surface area contributed by atoms with E-state index >= 15 is 0 Å². The molecule has 0 radical (unpaired) electrons. The van der Waals surface area contributed by atoms with Crippen LogP contribution in [0.3, 0.4) is 0 Å². The maximum atomic E-state index is 13.9. The number of carbonyl (C=O) groups excluding carboxylic acids is 1. The molecule has 1 amide bonds. The third-order valence-corrected chi connectivity index (χ3v) is 5.16. The summed E-state index contributed by atoms with van der Waals surface area (Å²) in [6.45, 7) is 2.34. The van der Waals surface area contributed by atoms with E-state index in [1.165, 1.54) is 6.07 Å². The van der Waals surface area contributed by atoms with Crippen LogP contribution in [0.1, 0.15) is 30.4 Å². The molecule has 5 nitrogen and oxygen atoms in total. The van der Waals surface area contributed by atoms with Gasteiger partial charge in [0.1, 0.15) is 5.82 Å². The van der Waals surface area contributed by atoms with Crippen LogP contribution in [-0.2, 0) is 24.8 Å². The number of likely N-dealkylation sites (tertiary alicyclic amines) is 1. The van der Waals surface area contributed by atoms with Crippen molar-refractivity contribution >= 4 is 5.91 Å². The summed E-state index contributed by atoms with van der Waals surface area (Å²) >= 11 is 0. The number of rotatable bonds is 6. The molecule has 0 bridgehead atoms. The largest absolute Gasteiger partial charge is 0.341 e. The van der Waals surface area contributed by atoms with Crippen LogP contribution >= 0.6 is 0 Å². The van der Waals surface area contributed by atoms with Crippen molar-refractivity contribution in [3.8, 4) is 0 Å². The zero-order valence-electron chi connectivity index (χ0n) is 15.6. The van der Waals surface area contributed by atoms with Crippen LogP contribution in [0, 0.1) is 5.82 Å². The van der Waals surface area contributed by atoms with Gasteiger partial charge >= 0.3 is 0 Å². The molecular formula is C20H27FN4O. The van der Waals surface area contributed by atoms with E-state index in [-0.39, 0.29) is 17.8 Å². The molecule has 1 fully saturated rings. The molecule has 1 saturated heterocycles. The van der Waals surface area contributed by atoms with Crippen molar-refractivity contribution in [1.82, 2.24) is 19.6 Å². The van der Waals surface area contributed by atoms with E-state index in [9.17, 15) is 9.18 Å². The monoisotopic (exact) mass is 358 g/mol. The molecule has 1 aliphatic rings. The van der Waals surface area contributed by atoms with Gasteiger partial charge in [0.05, 0.1) is 6.20 Å². The quantitative estimate of drug-likeness (QED) is 0.797. The summed E-state index contributed by atoms with van der Waals surface area (Å²) in [5, 5.41) is 4.14. The molecule has 1 aromatic heterocycles. The SMILES string of the molecule is CN(C(=O)CCc1cnn(C)c1)C1CCCN(Cc2ccccc2F)C1. The average molecular weight is 358 g/mol. The molecule has 6 heteroatoms. The van der Waals surface area contributed by atoms with Gasteiger partial charge in [0, 0.05) is 51.4 Å². The number of likely N-dealkylation sites (N-methyl/N-ethyl adjacent to an activating group) is 1. The maximum Gasteiger partial charge on any atom is 0.222 e. The number of halogens is 1. The Morgan fingerprint density at radius 3 is 2.92 bits per heavy atom. The van der Waals surface area contributed by atoms with Crippen molar-refractivity contribution in [1.29, 1.82) is 0 Å². The van der Waals surface area contributed by atoms with Gasteiger partial charge in [0.25, 0.3) is 0 Å². The van der Waals surface area contributed by atoms with E-state index < -0.39 is 0 Å². The second-order valence-electron chi connectivity index (χ2n) is 7.15. The van der Waals surface area contributed by atoms with Gasteiger partial charge in [-0.15, -0.1) is 0 Å². The second kappa shape index (κ2) is 8.45. The van der Waals surface area contributed by atoms with E-state index in [4.69, 9.17) is 0 Å². The molecule has 1 aromatic carbocycles. The van der Waals surface area contributed by atoms with Crippen molar-refractivity contribution in [3.05, 3.63) is 53.6 Å². The van der Waals surface area contributed by atoms with Crippen molar-refractivity contribution in [2.75, 3.05) is 20.1 Å². The minimum absolute atomic E-state index is 0.157. The summed E-state index contributed by atoms with van der Waals surface area (Å²) in [5.74, 6) is 0.00196. The third-order valence-electron chi connectivity index (χ3n) is 5.16. The number of piperidine rings is 1. The summed E-state index contributed by atoms with van der Waals surface area (Å²) in [5.41, 5.74) is 1.80. The van der Waals surface area contributed by atoms with Gasteiger partial charge in [-0.25, -0.2) is 4.39 Å². The molecule has 1 unspecified atom stereocenters. The van der Waals surface area contributed by atoms with Crippen molar-refractivity contribution in [3.63, 3.8) is 0 Å². The molecule has 140 valence electrons. The number of amides is 1.